The van der Waals surface area contributed by atoms with E-state index >= 15 is 0 Å². The van der Waals surface area contributed by atoms with Gasteiger partial charge in [0.15, 0.2) is 0 Å². The monoisotopic (exact) mass is 313 g/mol. The highest BCUT2D eigenvalue weighted by Crippen LogP contribution is 2.21. The second-order valence-corrected chi connectivity index (χ2v) is 5.32. The molecule has 2 rings (SSSR count). The molecule has 23 heavy (non-hydrogen) atoms. The lowest BCUT2D eigenvalue weighted by Crippen LogP contribution is -2.30. The van der Waals surface area contributed by atoms with Crippen LogP contribution in [0.4, 0.5) is 0 Å². The molecule has 2 aromatic carbocycles. The van der Waals surface area contributed by atoms with Crippen LogP contribution in [0.3, 0.4) is 0 Å². The zero-order valence-electron chi connectivity index (χ0n) is 13.6. The number of hydrogen-bond acceptors (Lipinski definition) is 3. The lowest BCUT2D eigenvalue weighted by atomic mass is 10.0. The van der Waals surface area contributed by atoms with Crippen molar-refractivity contribution >= 4 is 5.91 Å². The maximum atomic E-state index is 12.6. The third-order valence-corrected chi connectivity index (χ3v) is 3.88. The Hall–Kier alpha value is -2.33. The summed E-state index contributed by atoms with van der Waals surface area (Å²) >= 11 is 0. The number of rotatable bonds is 7. The molecule has 0 radical (unpaired) electrons. The number of carbonyl (C=O) groups is 1. The number of amides is 1. The van der Waals surface area contributed by atoms with Crippen LogP contribution >= 0.6 is 0 Å². The highest BCUT2D eigenvalue weighted by atomic mass is 16.5. The van der Waals surface area contributed by atoms with Gasteiger partial charge in [0.2, 0.25) is 0 Å². The van der Waals surface area contributed by atoms with Crippen LogP contribution in [-0.4, -0.2) is 24.7 Å². The van der Waals surface area contributed by atoms with Crippen LogP contribution in [0.5, 0.6) is 5.75 Å². The Morgan fingerprint density at radius 1 is 1.17 bits per heavy atom. The fraction of sp³-hybridized carbons (Fsp3) is 0.316. The van der Waals surface area contributed by atoms with E-state index in [1.807, 2.05) is 55.5 Å². The van der Waals surface area contributed by atoms with E-state index in [0.717, 1.165) is 23.3 Å². The zero-order valence-corrected chi connectivity index (χ0v) is 13.6. The Bertz CT molecular complexity index is 637. The van der Waals surface area contributed by atoms with Crippen molar-refractivity contribution in [3.05, 3.63) is 65.2 Å². The average Bonchev–Trinajstić information content (AvgIpc) is 2.61. The summed E-state index contributed by atoms with van der Waals surface area (Å²) in [5.41, 5.74) is 2.65. The van der Waals surface area contributed by atoms with Crippen LogP contribution in [0.25, 0.3) is 0 Å². The molecule has 0 heterocycles. The minimum absolute atomic E-state index is 0.00635. The van der Waals surface area contributed by atoms with Crippen molar-refractivity contribution in [1.29, 1.82) is 0 Å². The number of carbonyl (C=O) groups excluding carboxylic acids is 1. The Morgan fingerprint density at radius 3 is 2.48 bits per heavy atom. The molecule has 0 spiro atoms. The lowest BCUT2D eigenvalue weighted by molar-refractivity contribution is 0.0929. The Morgan fingerprint density at radius 2 is 1.87 bits per heavy atom. The van der Waals surface area contributed by atoms with E-state index in [1.165, 1.54) is 0 Å². The maximum absolute atomic E-state index is 12.6. The molecule has 0 bridgehead atoms. The van der Waals surface area contributed by atoms with Crippen molar-refractivity contribution < 1.29 is 14.6 Å². The molecule has 122 valence electrons. The van der Waals surface area contributed by atoms with Crippen LogP contribution in [-0.2, 0) is 6.42 Å². The molecule has 0 aromatic heterocycles. The third kappa shape index (κ3) is 4.33. The topological polar surface area (TPSA) is 58.6 Å². The van der Waals surface area contributed by atoms with E-state index in [2.05, 4.69) is 5.32 Å². The first-order valence-corrected chi connectivity index (χ1v) is 7.83. The van der Waals surface area contributed by atoms with Gasteiger partial charge in [-0.15, -0.1) is 0 Å². The predicted octanol–water partition coefficient (Wildman–Crippen LogP) is 3.11. The molecule has 2 N–H and O–H groups in total. The molecule has 0 saturated carbocycles. The van der Waals surface area contributed by atoms with Gasteiger partial charge in [0.25, 0.3) is 5.91 Å². The summed E-state index contributed by atoms with van der Waals surface area (Å²) < 4.78 is 5.15. The number of methoxy groups -OCH3 is 1. The van der Waals surface area contributed by atoms with Gasteiger partial charge < -0.3 is 15.2 Å². The molecule has 2 aromatic rings. The first kappa shape index (κ1) is 17.0. The van der Waals surface area contributed by atoms with Crippen LogP contribution in [0.15, 0.2) is 48.5 Å². The molecule has 0 saturated heterocycles. The number of aryl methyl sites for hydroxylation is 1. The van der Waals surface area contributed by atoms with Crippen molar-refractivity contribution in [2.75, 3.05) is 13.7 Å². The van der Waals surface area contributed by atoms with Crippen molar-refractivity contribution in [2.24, 2.45) is 0 Å². The van der Waals surface area contributed by atoms with Crippen molar-refractivity contribution in [2.45, 2.75) is 25.8 Å². The van der Waals surface area contributed by atoms with Gasteiger partial charge >= 0.3 is 0 Å². The summed E-state index contributed by atoms with van der Waals surface area (Å²) in [6.45, 7) is 2.03. The van der Waals surface area contributed by atoms with Crippen molar-refractivity contribution in [3.63, 3.8) is 0 Å². The van der Waals surface area contributed by atoms with Crippen LogP contribution in [0.1, 0.15) is 40.9 Å². The van der Waals surface area contributed by atoms with Gasteiger partial charge in [-0.1, -0.05) is 37.3 Å². The summed E-state index contributed by atoms with van der Waals surface area (Å²) in [4.78, 5) is 12.6. The zero-order chi connectivity index (χ0) is 16.7. The first-order valence-electron chi connectivity index (χ1n) is 7.83. The van der Waals surface area contributed by atoms with Gasteiger partial charge in [0, 0.05) is 12.2 Å². The molecule has 1 amide bonds. The third-order valence-electron chi connectivity index (χ3n) is 3.88. The van der Waals surface area contributed by atoms with Gasteiger partial charge in [-0.05, 0) is 42.2 Å². The SMILES string of the molecule is CCc1ccccc1C(=O)N[C@@H](CCO)c1ccc(OC)cc1. The molecule has 0 aliphatic carbocycles. The number of aliphatic hydroxyl groups excluding tert-OH is 1. The normalized spacial score (nSPS) is 11.8. The number of aliphatic hydroxyl groups is 1. The van der Waals surface area contributed by atoms with Gasteiger partial charge in [0.05, 0.1) is 13.2 Å². The Balaban J connectivity index is 2.19. The Labute approximate surface area is 137 Å². The molecule has 0 aliphatic rings. The average molecular weight is 313 g/mol. The standard InChI is InChI=1S/C19H23NO3/c1-3-14-6-4-5-7-17(14)19(22)20-18(12-13-21)15-8-10-16(23-2)11-9-15/h4-11,18,21H,3,12-13H2,1-2H3,(H,20,22)/t18-/m0/s1. The number of hydrogen-bond donors (Lipinski definition) is 2. The van der Waals surface area contributed by atoms with Gasteiger partial charge in [0.1, 0.15) is 5.75 Å². The molecule has 4 nitrogen and oxygen atoms in total. The number of nitrogens with one attached hydrogen (secondary N) is 1. The minimum Gasteiger partial charge on any atom is -0.497 e. The van der Waals surface area contributed by atoms with Gasteiger partial charge in [-0.2, -0.15) is 0 Å². The van der Waals surface area contributed by atoms with Crippen LogP contribution in [0, 0.1) is 0 Å². The maximum Gasteiger partial charge on any atom is 0.252 e. The molecular formula is C19H23NO3. The Kier molecular flexibility index (Phi) is 6.18. The van der Waals surface area contributed by atoms with Crippen LogP contribution in [0.2, 0.25) is 0 Å². The van der Waals surface area contributed by atoms with Gasteiger partial charge in [-0.3, -0.25) is 4.79 Å². The highest BCUT2D eigenvalue weighted by molar-refractivity contribution is 5.95. The number of benzene rings is 2. The molecular weight excluding hydrogens is 290 g/mol. The summed E-state index contributed by atoms with van der Waals surface area (Å²) in [6, 6.07) is 14.9. The predicted molar refractivity (Wildman–Crippen MR) is 90.7 cm³/mol. The number of ether oxygens (including phenoxy) is 1. The minimum atomic E-state index is -0.233. The van der Waals surface area contributed by atoms with Crippen LogP contribution < -0.4 is 10.1 Å². The van der Waals surface area contributed by atoms with Crippen molar-refractivity contribution in [3.8, 4) is 5.75 Å². The van der Waals surface area contributed by atoms with E-state index in [1.54, 1.807) is 7.11 Å². The van der Waals surface area contributed by atoms with E-state index in [4.69, 9.17) is 4.74 Å². The van der Waals surface area contributed by atoms with Crippen molar-refractivity contribution in [1.82, 2.24) is 5.32 Å². The quantitative estimate of drug-likeness (QED) is 0.826. The summed E-state index contributed by atoms with van der Waals surface area (Å²) in [5, 5.41) is 12.3. The second-order valence-electron chi connectivity index (χ2n) is 5.32. The molecule has 1 atom stereocenters. The fourth-order valence-corrected chi connectivity index (χ4v) is 2.57. The van der Waals surface area contributed by atoms with E-state index in [0.29, 0.717) is 12.0 Å². The summed E-state index contributed by atoms with van der Waals surface area (Å²) in [6.07, 6.45) is 1.27. The molecule has 4 heteroatoms. The smallest absolute Gasteiger partial charge is 0.252 e. The second kappa shape index (κ2) is 8.34. The van der Waals surface area contributed by atoms with Gasteiger partial charge in [-0.25, -0.2) is 0 Å². The summed E-state index contributed by atoms with van der Waals surface area (Å²) in [5.74, 6) is 0.649. The van der Waals surface area contributed by atoms with E-state index in [9.17, 15) is 9.90 Å². The van der Waals surface area contributed by atoms with E-state index < -0.39 is 0 Å². The van der Waals surface area contributed by atoms with E-state index in [-0.39, 0.29) is 18.6 Å². The lowest BCUT2D eigenvalue weighted by Gasteiger charge is -2.19. The molecule has 0 aliphatic heterocycles. The highest BCUT2D eigenvalue weighted by Gasteiger charge is 2.17. The first-order chi connectivity index (χ1) is 11.2. The fourth-order valence-electron chi connectivity index (χ4n) is 2.57. The molecule has 0 fully saturated rings. The molecule has 0 unspecified atom stereocenters. The summed E-state index contributed by atoms with van der Waals surface area (Å²) in [7, 11) is 1.61. The largest absolute Gasteiger partial charge is 0.497 e.